The van der Waals surface area contributed by atoms with E-state index in [2.05, 4.69) is 5.32 Å². The highest BCUT2D eigenvalue weighted by Gasteiger charge is 2.05. The van der Waals surface area contributed by atoms with E-state index in [1.807, 2.05) is 30.3 Å². The Morgan fingerprint density at radius 1 is 1.14 bits per heavy atom. The molecule has 6 heteroatoms. The summed E-state index contributed by atoms with van der Waals surface area (Å²) in [5.74, 6) is -0.368. The molecule has 0 unspecified atom stereocenters. The smallest absolute Gasteiger partial charge is 0.269 e. The van der Waals surface area contributed by atoms with E-state index in [1.54, 1.807) is 6.07 Å². The molecule has 0 aliphatic rings. The molecule has 1 amide bonds. The predicted octanol–water partition coefficient (Wildman–Crippen LogP) is 2.23. The molecule has 2 aromatic carbocycles. The van der Waals surface area contributed by atoms with Crippen molar-refractivity contribution in [3.05, 3.63) is 69.8 Å². The number of nitrogens with one attached hydrogen (secondary N) is 1. The molecule has 0 aliphatic carbocycles. The van der Waals surface area contributed by atoms with Crippen LogP contribution in [0.25, 0.3) is 0 Å². The van der Waals surface area contributed by atoms with Gasteiger partial charge in [0.25, 0.3) is 5.69 Å². The van der Waals surface area contributed by atoms with Gasteiger partial charge in [-0.2, -0.15) is 0 Å². The molecule has 0 spiro atoms. The molecule has 0 aromatic heterocycles. The Balaban J connectivity index is 1.98. The van der Waals surface area contributed by atoms with Crippen LogP contribution < -0.4 is 11.1 Å². The Hall–Kier alpha value is -2.89. The quantitative estimate of drug-likeness (QED) is 0.628. The van der Waals surface area contributed by atoms with Crippen molar-refractivity contribution in [2.45, 2.75) is 13.0 Å². The first-order valence-corrected chi connectivity index (χ1v) is 6.39. The number of nitrogens with zero attached hydrogens (tertiary/aromatic N) is 1. The van der Waals surface area contributed by atoms with E-state index in [1.165, 1.54) is 12.1 Å². The highest BCUT2D eigenvalue weighted by Crippen LogP contribution is 2.15. The number of hydrogen-bond donors (Lipinski definition) is 2. The second-order valence-electron chi connectivity index (χ2n) is 4.62. The Labute approximate surface area is 121 Å². The third-order valence-electron chi connectivity index (χ3n) is 2.95. The number of amides is 1. The molecular weight excluding hydrogens is 270 g/mol. The van der Waals surface area contributed by atoms with Crippen LogP contribution in [0.3, 0.4) is 0 Å². The summed E-state index contributed by atoms with van der Waals surface area (Å²) in [6.07, 6.45) is 0.213. The molecule has 21 heavy (non-hydrogen) atoms. The molecule has 0 saturated carbocycles. The Bertz CT molecular complexity index is 653. The average Bonchev–Trinajstić information content (AvgIpc) is 2.46. The van der Waals surface area contributed by atoms with Crippen LogP contribution in [0, 0.1) is 10.1 Å². The molecule has 6 nitrogen and oxygen atoms in total. The summed E-state index contributed by atoms with van der Waals surface area (Å²) in [5, 5.41) is 13.9. The van der Waals surface area contributed by atoms with E-state index in [9.17, 15) is 14.9 Å². The molecule has 0 aliphatic heterocycles. The number of nitro groups is 1. The second-order valence-corrected chi connectivity index (χ2v) is 4.62. The number of nitro benzene ring substituents is 1. The van der Waals surface area contributed by atoms with Gasteiger partial charge < -0.3 is 11.1 Å². The lowest BCUT2D eigenvalue weighted by Crippen LogP contribution is -2.13. The van der Waals surface area contributed by atoms with Gasteiger partial charge in [-0.1, -0.05) is 24.3 Å². The molecule has 3 N–H and O–H groups in total. The summed E-state index contributed by atoms with van der Waals surface area (Å²) in [6.45, 7) is 0.483. The summed E-state index contributed by atoms with van der Waals surface area (Å²) in [5.41, 5.74) is 7.75. The van der Waals surface area contributed by atoms with Gasteiger partial charge in [0.2, 0.25) is 5.91 Å². The van der Waals surface area contributed by atoms with Crippen LogP contribution in [0.15, 0.2) is 48.5 Å². The van der Waals surface area contributed by atoms with Crippen molar-refractivity contribution in [1.29, 1.82) is 0 Å². The van der Waals surface area contributed by atoms with Gasteiger partial charge in [0, 0.05) is 24.4 Å². The molecule has 2 rings (SSSR count). The van der Waals surface area contributed by atoms with Gasteiger partial charge in [0.05, 0.1) is 11.3 Å². The molecule has 0 fully saturated rings. The van der Waals surface area contributed by atoms with E-state index in [4.69, 9.17) is 5.73 Å². The fourth-order valence-corrected chi connectivity index (χ4v) is 1.93. The number of nitrogens with two attached hydrogens (primary N) is 1. The van der Waals surface area contributed by atoms with Crippen molar-refractivity contribution in [3.63, 3.8) is 0 Å². The van der Waals surface area contributed by atoms with Crippen molar-refractivity contribution in [2.24, 2.45) is 5.73 Å². The zero-order valence-corrected chi connectivity index (χ0v) is 11.3. The maximum atomic E-state index is 10.8. The first-order chi connectivity index (χ1) is 10.0. The molecule has 2 aromatic rings. The Morgan fingerprint density at radius 3 is 2.48 bits per heavy atom. The van der Waals surface area contributed by atoms with Crippen molar-refractivity contribution in [1.82, 2.24) is 0 Å². The molecule has 108 valence electrons. The van der Waals surface area contributed by atoms with Gasteiger partial charge in [-0.25, -0.2) is 0 Å². The van der Waals surface area contributed by atoms with E-state index >= 15 is 0 Å². The predicted molar refractivity (Wildman–Crippen MR) is 79.8 cm³/mol. The topological polar surface area (TPSA) is 98.3 Å². The van der Waals surface area contributed by atoms with Gasteiger partial charge in [-0.3, -0.25) is 14.9 Å². The number of primary amides is 1. The molecule has 0 bridgehead atoms. The number of carbonyl (C=O) groups excluding carboxylic acids is 1. The molecule has 0 heterocycles. The Kier molecular flexibility index (Phi) is 4.50. The SMILES string of the molecule is NC(=O)Cc1ccc(NCc2cccc([N+](=O)[O-])c2)cc1. The molecule has 0 atom stereocenters. The largest absolute Gasteiger partial charge is 0.381 e. The highest BCUT2D eigenvalue weighted by atomic mass is 16.6. The molecule has 0 radical (unpaired) electrons. The van der Waals surface area contributed by atoms with Crippen molar-refractivity contribution in [3.8, 4) is 0 Å². The third-order valence-corrected chi connectivity index (χ3v) is 2.95. The second kappa shape index (κ2) is 6.51. The lowest BCUT2D eigenvalue weighted by atomic mass is 10.1. The fraction of sp³-hybridized carbons (Fsp3) is 0.133. The van der Waals surface area contributed by atoms with Crippen molar-refractivity contribution in [2.75, 3.05) is 5.32 Å². The van der Waals surface area contributed by atoms with E-state index in [0.717, 1.165) is 16.8 Å². The summed E-state index contributed by atoms with van der Waals surface area (Å²) in [4.78, 5) is 21.1. The fourth-order valence-electron chi connectivity index (χ4n) is 1.93. The van der Waals surface area contributed by atoms with Gasteiger partial charge >= 0.3 is 0 Å². The number of carbonyl (C=O) groups is 1. The molecular formula is C15H15N3O3. The summed E-state index contributed by atoms with van der Waals surface area (Å²) >= 11 is 0. The average molecular weight is 285 g/mol. The van der Waals surface area contributed by atoms with E-state index in [-0.39, 0.29) is 18.0 Å². The van der Waals surface area contributed by atoms with Crippen LogP contribution in [-0.2, 0) is 17.8 Å². The standard InChI is InChI=1S/C15H15N3O3/c16-15(19)9-11-4-6-13(7-5-11)17-10-12-2-1-3-14(8-12)18(20)21/h1-8,17H,9-10H2,(H2,16,19). The summed E-state index contributed by atoms with van der Waals surface area (Å²) in [7, 11) is 0. The number of hydrogen-bond acceptors (Lipinski definition) is 4. The summed E-state index contributed by atoms with van der Waals surface area (Å²) < 4.78 is 0. The molecule has 0 saturated heterocycles. The van der Waals surface area contributed by atoms with Crippen molar-refractivity contribution < 1.29 is 9.72 Å². The zero-order chi connectivity index (χ0) is 15.2. The van der Waals surface area contributed by atoms with Crippen LogP contribution in [0.1, 0.15) is 11.1 Å². The van der Waals surface area contributed by atoms with E-state index < -0.39 is 4.92 Å². The highest BCUT2D eigenvalue weighted by molar-refractivity contribution is 5.76. The number of rotatable bonds is 6. The first kappa shape index (κ1) is 14.5. The van der Waals surface area contributed by atoms with Gasteiger partial charge in [0.1, 0.15) is 0 Å². The third kappa shape index (κ3) is 4.31. The van der Waals surface area contributed by atoms with E-state index in [0.29, 0.717) is 6.54 Å². The Morgan fingerprint density at radius 2 is 1.86 bits per heavy atom. The minimum atomic E-state index is -0.415. The minimum absolute atomic E-state index is 0.0751. The monoisotopic (exact) mass is 285 g/mol. The van der Waals surface area contributed by atoms with Gasteiger partial charge in [-0.05, 0) is 23.3 Å². The normalized spacial score (nSPS) is 10.1. The van der Waals surface area contributed by atoms with Gasteiger partial charge in [-0.15, -0.1) is 0 Å². The lowest BCUT2D eigenvalue weighted by molar-refractivity contribution is -0.384. The first-order valence-electron chi connectivity index (χ1n) is 6.39. The van der Waals surface area contributed by atoms with Crippen LogP contribution >= 0.6 is 0 Å². The van der Waals surface area contributed by atoms with Crippen LogP contribution in [0.5, 0.6) is 0 Å². The lowest BCUT2D eigenvalue weighted by Gasteiger charge is -2.07. The maximum Gasteiger partial charge on any atom is 0.269 e. The zero-order valence-electron chi connectivity index (χ0n) is 11.3. The van der Waals surface area contributed by atoms with Crippen LogP contribution in [0.2, 0.25) is 0 Å². The van der Waals surface area contributed by atoms with Gasteiger partial charge in [0.15, 0.2) is 0 Å². The minimum Gasteiger partial charge on any atom is -0.381 e. The number of non-ortho nitro benzene ring substituents is 1. The number of anilines is 1. The van der Waals surface area contributed by atoms with Crippen LogP contribution in [-0.4, -0.2) is 10.8 Å². The number of benzene rings is 2. The maximum absolute atomic E-state index is 10.8. The summed E-state index contributed by atoms with van der Waals surface area (Å²) in [6, 6.07) is 13.8. The van der Waals surface area contributed by atoms with Crippen molar-refractivity contribution >= 4 is 17.3 Å². The van der Waals surface area contributed by atoms with Crippen LogP contribution in [0.4, 0.5) is 11.4 Å².